The smallest absolute Gasteiger partial charge is 0.195 e. The highest BCUT2D eigenvalue weighted by atomic mass is 19.1. The molecule has 162 valence electrons. The van der Waals surface area contributed by atoms with E-state index in [-0.39, 0.29) is 5.92 Å². The van der Waals surface area contributed by atoms with E-state index in [1.807, 2.05) is 0 Å². The molecule has 0 saturated heterocycles. The average molecular weight is 408 g/mol. The molecule has 1 aromatic carbocycles. The van der Waals surface area contributed by atoms with Gasteiger partial charge in [0.15, 0.2) is 5.83 Å². The molecular weight excluding hydrogens is 369 g/mol. The number of rotatable bonds is 8. The molecule has 1 nitrogen and oxygen atoms in total. The van der Waals surface area contributed by atoms with Gasteiger partial charge in [-0.1, -0.05) is 56.2 Å². The Morgan fingerprint density at radius 3 is 2.17 bits per heavy atom. The molecule has 3 rings (SSSR count). The first-order valence-corrected chi connectivity index (χ1v) is 12.2. The summed E-state index contributed by atoms with van der Waals surface area (Å²) in [6, 6.07) is 11.0. The summed E-state index contributed by atoms with van der Waals surface area (Å²) in [6.45, 7) is 6.77. The molecule has 0 bridgehead atoms. The van der Waals surface area contributed by atoms with Crippen LogP contribution in [-0.4, -0.2) is 0 Å². The summed E-state index contributed by atoms with van der Waals surface area (Å²) < 4.78 is 13.2. The fourth-order valence-corrected chi connectivity index (χ4v) is 5.57. The van der Waals surface area contributed by atoms with Gasteiger partial charge in [0.2, 0.25) is 0 Å². The second-order valence-electron chi connectivity index (χ2n) is 9.56. The summed E-state index contributed by atoms with van der Waals surface area (Å²) in [4.78, 5) is 0. The molecule has 2 aliphatic rings. The van der Waals surface area contributed by atoms with Crippen molar-refractivity contribution in [1.29, 1.82) is 5.26 Å². The first kappa shape index (κ1) is 22.8. The number of aryl methyl sites for hydroxylation is 1. The van der Waals surface area contributed by atoms with E-state index in [1.54, 1.807) is 6.07 Å². The van der Waals surface area contributed by atoms with Gasteiger partial charge in [-0.3, -0.25) is 0 Å². The van der Waals surface area contributed by atoms with Gasteiger partial charge < -0.3 is 0 Å². The van der Waals surface area contributed by atoms with Gasteiger partial charge in [0.1, 0.15) is 6.07 Å². The number of benzene rings is 1. The van der Waals surface area contributed by atoms with Crippen molar-refractivity contribution in [2.75, 3.05) is 0 Å². The number of nitrogens with zero attached hydrogens (tertiary/aromatic N) is 1. The standard InChI is InChI=1S/C28H38FN/c1-3-4-5-6-22-7-13-26(14-8-22)27-17-15-25(16-18-27)21(2)24-11-9-23(10-12-24)19-28(29)20-30/h7-8,13-14,19,23-25,27H,2-6,9-12,15-18H2,1H3/b28-19+. The molecule has 0 aromatic heterocycles. The maximum absolute atomic E-state index is 13.2. The van der Waals surface area contributed by atoms with E-state index in [0.29, 0.717) is 17.8 Å². The van der Waals surface area contributed by atoms with Crippen LogP contribution in [0.25, 0.3) is 0 Å². The van der Waals surface area contributed by atoms with Gasteiger partial charge in [-0.15, -0.1) is 0 Å². The summed E-state index contributed by atoms with van der Waals surface area (Å²) >= 11 is 0. The molecule has 0 spiro atoms. The molecule has 2 fully saturated rings. The van der Waals surface area contributed by atoms with E-state index in [4.69, 9.17) is 5.26 Å². The highest BCUT2D eigenvalue weighted by molar-refractivity contribution is 5.26. The van der Waals surface area contributed by atoms with Crippen LogP contribution in [0.4, 0.5) is 4.39 Å². The molecule has 2 heteroatoms. The Labute approximate surface area is 183 Å². The van der Waals surface area contributed by atoms with Gasteiger partial charge >= 0.3 is 0 Å². The third kappa shape index (κ3) is 6.31. The molecule has 0 heterocycles. The van der Waals surface area contributed by atoms with Crippen LogP contribution in [0.15, 0.2) is 48.3 Å². The first-order valence-electron chi connectivity index (χ1n) is 12.2. The summed E-state index contributed by atoms with van der Waals surface area (Å²) in [7, 11) is 0. The number of unbranched alkanes of at least 4 members (excludes halogenated alkanes) is 2. The molecule has 0 atom stereocenters. The van der Waals surface area contributed by atoms with E-state index >= 15 is 0 Å². The molecule has 30 heavy (non-hydrogen) atoms. The highest BCUT2D eigenvalue weighted by Gasteiger charge is 2.29. The maximum Gasteiger partial charge on any atom is 0.196 e. The molecular formula is C28H38FN. The van der Waals surface area contributed by atoms with Crippen LogP contribution in [0.1, 0.15) is 94.6 Å². The van der Waals surface area contributed by atoms with Crippen LogP contribution in [0.3, 0.4) is 0 Å². The zero-order valence-corrected chi connectivity index (χ0v) is 18.7. The van der Waals surface area contributed by atoms with E-state index in [2.05, 4.69) is 37.8 Å². The predicted octanol–water partition coefficient (Wildman–Crippen LogP) is 8.43. The summed E-state index contributed by atoms with van der Waals surface area (Å²) in [5, 5.41) is 8.63. The monoisotopic (exact) mass is 407 g/mol. The number of nitriles is 1. The molecule has 2 aliphatic carbocycles. The fourth-order valence-electron chi connectivity index (χ4n) is 5.57. The third-order valence-corrected chi connectivity index (χ3v) is 7.56. The van der Waals surface area contributed by atoms with Gasteiger partial charge in [-0.25, -0.2) is 0 Å². The third-order valence-electron chi connectivity index (χ3n) is 7.56. The van der Waals surface area contributed by atoms with Gasteiger partial charge in [-0.2, -0.15) is 9.65 Å². The Bertz CT molecular complexity index is 738. The van der Waals surface area contributed by atoms with Crippen molar-refractivity contribution in [2.45, 2.75) is 89.9 Å². The number of allylic oxidation sites excluding steroid dienone is 3. The van der Waals surface area contributed by atoms with Gasteiger partial charge in [0, 0.05) is 0 Å². The van der Waals surface area contributed by atoms with E-state index in [9.17, 15) is 4.39 Å². The highest BCUT2D eigenvalue weighted by Crippen LogP contribution is 2.43. The average Bonchev–Trinajstić information content (AvgIpc) is 2.80. The summed E-state index contributed by atoms with van der Waals surface area (Å²) in [6.07, 6.45) is 15.9. The Hall–Kier alpha value is -1.88. The van der Waals surface area contributed by atoms with Crippen molar-refractivity contribution in [3.8, 4) is 6.07 Å². The van der Waals surface area contributed by atoms with Crippen molar-refractivity contribution in [2.24, 2.45) is 17.8 Å². The second-order valence-corrected chi connectivity index (χ2v) is 9.56. The number of halogens is 1. The normalized spacial score (nSPS) is 27.4. The van der Waals surface area contributed by atoms with E-state index in [0.717, 1.165) is 25.7 Å². The number of hydrogen-bond donors (Lipinski definition) is 0. The summed E-state index contributed by atoms with van der Waals surface area (Å²) in [5.74, 6) is 1.55. The van der Waals surface area contributed by atoms with Crippen LogP contribution in [0, 0.1) is 29.1 Å². The molecule has 0 radical (unpaired) electrons. The molecule has 1 aromatic rings. The Balaban J connectivity index is 1.44. The molecule has 0 N–H and O–H groups in total. The maximum atomic E-state index is 13.2. The van der Waals surface area contributed by atoms with Gasteiger partial charge in [0.25, 0.3) is 0 Å². The Morgan fingerprint density at radius 1 is 1.00 bits per heavy atom. The number of hydrogen-bond acceptors (Lipinski definition) is 1. The molecule has 2 saturated carbocycles. The molecule has 0 aliphatic heterocycles. The van der Waals surface area contributed by atoms with Crippen LogP contribution >= 0.6 is 0 Å². The second kappa shape index (κ2) is 11.5. The zero-order valence-electron chi connectivity index (χ0n) is 18.7. The lowest BCUT2D eigenvalue weighted by Crippen LogP contribution is -2.22. The van der Waals surface area contributed by atoms with Gasteiger partial charge in [0.05, 0.1) is 0 Å². The van der Waals surface area contributed by atoms with Crippen molar-refractivity contribution in [3.05, 3.63) is 59.4 Å². The first-order chi connectivity index (χ1) is 14.6. The van der Waals surface area contributed by atoms with Crippen LogP contribution in [0.5, 0.6) is 0 Å². The van der Waals surface area contributed by atoms with Crippen molar-refractivity contribution < 1.29 is 4.39 Å². The Morgan fingerprint density at radius 2 is 1.60 bits per heavy atom. The van der Waals surface area contributed by atoms with Crippen LogP contribution < -0.4 is 0 Å². The quantitative estimate of drug-likeness (QED) is 0.241. The van der Waals surface area contributed by atoms with Crippen molar-refractivity contribution in [1.82, 2.24) is 0 Å². The lowest BCUT2D eigenvalue weighted by molar-refractivity contribution is 0.289. The topological polar surface area (TPSA) is 23.8 Å². The summed E-state index contributed by atoms with van der Waals surface area (Å²) in [5.41, 5.74) is 4.45. The fraction of sp³-hybridized carbons (Fsp3) is 0.607. The minimum Gasteiger partial charge on any atom is -0.195 e. The van der Waals surface area contributed by atoms with E-state index < -0.39 is 5.83 Å². The minimum absolute atomic E-state index is 0.231. The SMILES string of the molecule is C=C(C1CCC(/C=C(/F)C#N)CC1)C1CCC(c2ccc(CCCCC)cc2)CC1. The van der Waals surface area contributed by atoms with Gasteiger partial charge in [-0.05, 0) is 105 Å². The van der Waals surface area contributed by atoms with Crippen LogP contribution in [-0.2, 0) is 6.42 Å². The van der Waals surface area contributed by atoms with Crippen molar-refractivity contribution in [3.63, 3.8) is 0 Å². The van der Waals surface area contributed by atoms with Crippen LogP contribution in [0.2, 0.25) is 0 Å². The minimum atomic E-state index is -0.621. The lowest BCUT2D eigenvalue weighted by atomic mass is 9.70. The largest absolute Gasteiger partial charge is 0.196 e. The predicted molar refractivity (Wildman–Crippen MR) is 124 cm³/mol. The molecule has 0 amide bonds. The lowest BCUT2D eigenvalue weighted by Gasteiger charge is -2.35. The van der Waals surface area contributed by atoms with E-state index in [1.165, 1.54) is 74.1 Å². The van der Waals surface area contributed by atoms with Crippen molar-refractivity contribution >= 4 is 0 Å². The molecule has 0 unspecified atom stereocenters. The Kier molecular flexibility index (Phi) is 8.74. The zero-order chi connectivity index (χ0) is 21.3.